The lowest BCUT2D eigenvalue weighted by Crippen LogP contribution is -2.27. The fourth-order valence-electron chi connectivity index (χ4n) is 2.19. The number of ether oxygens (including phenoxy) is 3. The highest BCUT2D eigenvalue weighted by atomic mass is 16.6. The standard InChI is InChI=1S/C13H15NO4/c1-8-5-13(15)14(2)9-6-11-12(7-10(9)18-8)17-4-3-16-11/h6-8H,3-5H2,1-2H3. The first-order valence-electron chi connectivity index (χ1n) is 6.02. The maximum Gasteiger partial charge on any atom is 0.230 e. The van der Waals surface area contributed by atoms with Crippen molar-refractivity contribution in [2.45, 2.75) is 19.4 Å². The Morgan fingerprint density at radius 2 is 1.83 bits per heavy atom. The summed E-state index contributed by atoms with van der Waals surface area (Å²) in [5.74, 6) is 2.05. The van der Waals surface area contributed by atoms with Gasteiger partial charge in [0.15, 0.2) is 11.5 Å². The van der Waals surface area contributed by atoms with Gasteiger partial charge in [0, 0.05) is 19.2 Å². The molecule has 2 aliphatic rings. The second kappa shape index (κ2) is 4.08. The highest BCUT2D eigenvalue weighted by molar-refractivity contribution is 5.96. The van der Waals surface area contributed by atoms with Gasteiger partial charge >= 0.3 is 0 Å². The second-order valence-electron chi connectivity index (χ2n) is 4.55. The number of nitrogens with zero attached hydrogens (tertiary/aromatic N) is 1. The van der Waals surface area contributed by atoms with E-state index in [1.165, 1.54) is 0 Å². The fraction of sp³-hybridized carbons (Fsp3) is 0.462. The highest BCUT2D eigenvalue weighted by Gasteiger charge is 2.27. The molecule has 1 amide bonds. The van der Waals surface area contributed by atoms with E-state index >= 15 is 0 Å². The Morgan fingerprint density at radius 1 is 1.17 bits per heavy atom. The van der Waals surface area contributed by atoms with Crippen LogP contribution in [-0.4, -0.2) is 32.3 Å². The number of carbonyl (C=O) groups is 1. The summed E-state index contributed by atoms with van der Waals surface area (Å²) in [5.41, 5.74) is 0.730. The molecule has 18 heavy (non-hydrogen) atoms. The van der Waals surface area contributed by atoms with Crippen molar-refractivity contribution in [3.8, 4) is 17.2 Å². The van der Waals surface area contributed by atoms with Crippen LogP contribution in [0, 0.1) is 0 Å². The molecule has 0 N–H and O–H groups in total. The first-order valence-corrected chi connectivity index (χ1v) is 6.02. The molecule has 5 nitrogen and oxygen atoms in total. The Labute approximate surface area is 105 Å². The van der Waals surface area contributed by atoms with Crippen LogP contribution < -0.4 is 19.1 Å². The Bertz CT molecular complexity index is 500. The van der Waals surface area contributed by atoms with Crippen LogP contribution in [0.15, 0.2) is 12.1 Å². The maximum absolute atomic E-state index is 11.9. The zero-order valence-electron chi connectivity index (χ0n) is 10.4. The summed E-state index contributed by atoms with van der Waals surface area (Å²) in [6.45, 7) is 2.95. The monoisotopic (exact) mass is 249 g/mol. The first-order chi connectivity index (χ1) is 8.65. The molecular formula is C13H15NO4. The number of amides is 1. The molecule has 1 unspecified atom stereocenters. The molecule has 2 aliphatic heterocycles. The van der Waals surface area contributed by atoms with E-state index in [1.54, 1.807) is 24.1 Å². The molecule has 0 radical (unpaired) electrons. The first kappa shape index (κ1) is 11.2. The molecule has 0 aliphatic carbocycles. The van der Waals surface area contributed by atoms with Crippen molar-refractivity contribution < 1.29 is 19.0 Å². The van der Waals surface area contributed by atoms with Crippen molar-refractivity contribution >= 4 is 11.6 Å². The molecule has 96 valence electrons. The largest absolute Gasteiger partial charge is 0.488 e. The second-order valence-corrected chi connectivity index (χ2v) is 4.55. The number of hydrogen-bond donors (Lipinski definition) is 0. The minimum absolute atomic E-state index is 0.0397. The van der Waals surface area contributed by atoms with Crippen LogP contribution in [-0.2, 0) is 4.79 Å². The average Bonchev–Trinajstić information content (AvgIpc) is 2.45. The van der Waals surface area contributed by atoms with Crippen LogP contribution in [0.4, 0.5) is 5.69 Å². The molecule has 0 spiro atoms. The van der Waals surface area contributed by atoms with Gasteiger partial charge in [-0.1, -0.05) is 0 Å². The zero-order valence-corrected chi connectivity index (χ0v) is 10.4. The summed E-state index contributed by atoms with van der Waals surface area (Å²) < 4.78 is 16.8. The van der Waals surface area contributed by atoms with Crippen LogP contribution in [0.1, 0.15) is 13.3 Å². The third kappa shape index (κ3) is 1.75. The van der Waals surface area contributed by atoms with E-state index in [9.17, 15) is 4.79 Å². The van der Waals surface area contributed by atoms with Crippen LogP contribution in [0.3, 0.4) is 0 Å². The third-order valence-corrected chi connectivity index (χ3v) is 3.15. The Morgan fingerprint density at radius 3 is 2.56 bits per heavy atom. The van der Waals surface area contributed by atoms with Crippen molar-refractivity contribution in [3.63, 3.8) is 0 Å². The summed E-state index contributed by atoms with van der Waals surface area (Å²) in [5, 5.41) is 0. The predicted molar refractivity (Wildman–Crippen MR) is 65.5 cm³/mol. The van der Waals surface area contributed by atoms with E-state index in [0.717, 1.165) is 5.69 Å². The van der Waals surface area contributed by atoms with E-state index in [1.807, 2.05) is 6.92 Å². The van der Waals surface area contributed by atoms with Gasteiger partial charge in [-0.15, -0.1) is 0 Å². The van der Waals surface area contributed by atoms with Crippen LogP contribution in [0.2, 0.25) is 0 Å². The van der Waals surface area contributed by atoms with Crippen LogP contribution in [0.25, 0.3) is 0 Å². The fourth-order valence-corrected chi connectivity index (χ4v) is 2.19. The van der Waals surface area contributed by atoms with Gasteiger partial charge in [0.2, 0.25) is 5.91 Å². The number of hydrogen-bond acceptors (Lipinski definition) is 4. The molecular weight excluding hydrogens is 234 g/mol. The molecule has 5 heteroatoms. The van der Waals surface area contributed by atoms with Gasteiger partial charge in [0.05, 0.1) is 12.1 Å². The van der Waals surface area contributed by atoms with Gasteiger partial charge in [0.1, 0.15) is 25.1 Å². The number of fused-ring (bicyclic) bond motifs is 2. The lowest BCUT2D eigenvalue weighted by Gasteiger charge is -2.23. The summed E-state index contributed by atoms with van der Waals surface area (Å²) in [7, 11) is 1.75. The minimum atomic E-state index is -0.135. The molecule has 0 bridgehead atoms. The minimum Gasteiger partial charge on any atom is -0.488 e. The van der Waals surface area contributed by atoms with Gasteiger partial charge in [0.25, 0.3) is 0 Å². The van der Waals surface area contributed by atoms with Crippen molar-refractivity contribution in [3.05, 3.63) is 12.1 Å². The normalized spacial score (nSPS) is 22.0. The van der Waals surface area contributed by atoms with Gasteiger partial charge in [-0.25, -0.2) is 0 Å². The van der Waals surface area contributed by atoms with Crippen LogP contribution in [0.5, 0.6) is 17.2 Å². The number of rotatable bonds is 0. The van der Waals surface area contributed by atoms with E-state index < -0.39 is 0 Å². The van der Waals surface area contributed by atoms with E-state index in [2.05, 4.69) is 0 Å². The molecule has 1 aromatic carbocycles. The van der Waals surface area contributed by atoms with Crippen molar-refractivity contribution in [1.82, 2.24) is 0 Å². The Kier molecular flexibility index (Phi) is 2.54. The summed E-state index contributed by atoms with van der Waals surface area (Å²) in [6.07, 6.45) is 0.237. The highest BCUT2D eigenvalue weighted by Crippen LogP contribution is 2.42. The molecule has 2 heterocycles. The molecule has 0 saturated carbocycles. The molecule has 0 fully saturated rings. The van der Waals surface area contributed by atoms with Crippen molar-refractivity contribution in [1.29, 1.82) is 0 Å². The summed E-state index contributed by atoms with van der Waals surface area (Å²) in [4.78, 5) is 13.5. The molecule has 0 aromatic heterocycles. The summed E-state index contributed by atoms with van der Waals surface area (Å²) >= 11 is 0. The van der Waals surface area contributed by atoms with Crippen molar-refractivity contribution in [2.75, 3.05) is 25.2 Å². The van der Waals surface area contributed by atoms with Crippen LogP contribution >= 0.6 is 0 Å². The molecule has 1 aromatic rings. The summed E-state index contributed by atoms with van der Waals surface area (Å²) in [6, 6.07) is 3.61. The van der Waals surface area contributed by atoms with Crippen molar-refractivity contribution in [2.24, 2.45) is 0 Å². The molecule has 3 rings (SSSR count). The Balaban J connectivity index is 2.09. The van der Waals surface area contributed by atoms with Gasteiger partial charge < -0.3 is 19.1 Å². The zero-order chi connectivity index (χ0) is 12.7. The molecule has 0 saturated heterocycles. The number of anilines is 1. The van der Waals surface area contributed by atoms with E-state index in [4.69, 9.17) is 14.2 Å². The van der Waals surface area contributed by atoms with Gasteiger partial charge in [-0.2, -0.15) is 0 Å². The quantitative estimate of drug-likeness (QED) is 0.700. The lowest BCUT2D eigenvalue weighted by atomic mass is 10.2. The number of carbonyl (C=O) groups excluding carboxylic acids is 1. The topological polar surface area (TPSA) is 48.0 Å². The SMILES string of the molecule is CC1CC(=O)N(C)c2cc3c(cc2O1)OCCO3. The van der Waals surface area contributed by atoms with E-state index in [0.29, 0.717) is 36.9 Å². The van der Waals surface area contributed by atoms with Gasteiger partial charge in [-0.3, -0.25) is 4.79 Å². The smallest absolute Gasteiger partial charge is 0.230 e. The number of benzene rings is 1. The predicted octanol–water partition coefficient (Wildman–Crippen LogP) is 1.59. The van der Waals surface area contributed by atoms with Gasteiger partial charge in [-0.05, 0) is 6.92 Å². The molecule has 1 atom stereocenters. The lowest BCUT2D eigenvalue weighted by molar-refractivity contribution is -0.119. The van der Waals surface area contributed by atoms with E-state index in [-0.39, 0.29) is 12.0 Å². The Hall–Kier alpha value is -1.91. The third-order valence-electron chi connectivity index (χ3n) is 3.15. The maximum atomic E-state index is 11.9. The average molecular weight is 249 g/mol.